The lowest BCUT2D eigenvalue weighted by Crippen LogP contribution is -2.55. The zero-order valence-electron chi connectivity index (χ0n) is 9.72. The highest BCUT2D eigenvalue weighted by Crippen LogP contribution is 2.11. The first-order chi connectivity index (χ1) is 7.60. The highest BCUT2D eigenvalue weighted by Gasteiger charge is 2.32. The Hall–Kier alpha value is -0.210. The molecule has 2 rings (SSSR count). The third-order valence-electron chi connectivity index (χ3n) is 3.19. The molecule has 6 nitrogen and oxygen atoms in total. The van der Waals surface area contributed by atoms with Crippen LogP contribution in [0.25, 0.3) is 0 Å². The molecule has 0 atom stereocenters. The fraction of sp³-hybridized carbons (Fsp3) is 1.00. The Balaban J connectivity index is 2.00. The summed E-state index contributed by atoms with van der Waals surface area (Å²) in [5, 5.41) is 3.16. The van der Waals surface area contributed by atoms with Crippen molar-refractivity contribution in [2.75, 3.05) is 59.4 Å². The smallest absolute Gasteiger partial charge is 0.282 e. The summed E-state index contributed by atoms with van der Waals surface area (Å²) in [5.74, 6) is 0. The molecule has 2 aliphatic heterocycles. The molecule has 0 unspecified atom stereocenters. The van der Waals surface area contributed by atoms with Gasteiger partial charge in [0.2, 0.25) is 0 Å². The van der Waals surface area contributed by atoms with Crippen molar-refractivity contribution in [2.24, 2.45) is 0 Å². The minimum Gasteiger partial charge on any atom is -0.314 e. The summed E-state index contributed by atoms with van der Waals surface area (Å²) < 4.78 is 27.7. The van der Waals surface area contributed by atoms with Crippen molar-refractivity contribution in [2.45, 2.75) is 0 Å². The molecule has 2 heterocycles. The van der Waals surface area contributed by atoms with Crippen molar-refractivity contribution < 1.29 is 8.42 Å². The van der Waals surface area contributed by atoms with E-state index in [0.717, 1.165) is 26.2 Å². The Morgan fingerprint density at radius 1 is 0.875 bits per heavy atom. The molecule has 0 spiro atoms. The molecule has 0 aromatic rings. The van der Waals surface area contributed by atoms with Crippen molar-refractivity contribution in [1.29, 1.82) is 0 Å². The molecular weight excluding hydrogens is 228 g/mol. The van der Waals surface area contributed by atoms with Crippen LogP contribution in [-0.2, 0) is 10.2 Å². The Morgan fingerprint density at radius 3 is 1.94 bits per heavy atom. The zero-order valence-corrected chi connectivity index (χ0v) is 10.5. The SMILES string of the molecule is CN1CCN(S(=O)(=O)N2CCNCC2)CC1. The maximum absolute atomic E-state index is 12.3. The van der Waals surface area contributed by atoms with Crippen LogP contribution >= 0.6 is 0 Å². The van der Waals surface area contributed by atoms with Gasteiger partial charge in [-0.15, -0.1) is 0 Å². The summed E-state index contributed by atoms with van der Waals surface area (Å²) >= 11 is 0. The van der Waals surface area contributed by atoms with E-state index in [2.05, 4.69) is 10.2 Å². The molecule has 16 heavy (non-hydrogen) atoms. The predicted molar refractivity (Wildman–Crippen MR) is 62.4 cm³/mol. The zero-order chi connectivity index (χ0) is 11.6. The quantitative estimate of drug-likeness (QED) is 0.638. The summed E-state index contributed by atoms with van der Waals surface area (Å²) in [5.41, 5.74) is 0. The monoisotopic (exact) mass is 248 g/mol. The molecule has 0 bridgehead atoms. The van der Waals surface area contributed by atoms with Gasteiger partial charge in [-0.25, -0.2) is 0 Å². The first-order valence-corrected chi connectivity index (χ1v) is 7.15. The molecule has 94 valence electrons. The van der Waals surface area contributed by atoms with Gasteiger partial charge in [-0.1, -0.05) is 0 Å². The van der Waals surface area contributed by atoms with Gasteiger partial charge >= 0.3 is 0 Å². The van der Waals surface area contributed by atoms with Crippen molar-refractivity contribution >= 4 is 10.2 Å². The molecule has 0 aromatic carbocycles. The van der Waals surface area contributed by atoms with E-state index in [4.69, 9.17) is 0 Å². The van der Waals surface area contributed by atoms with Crippen LogP contribution < -0.4 is 5.32 Å². The van der Waals surface area contributed by atoms with E-state index in [1.807, 2.05) is 7.05 Å². The second kappa shape index (κ2) is 4.97. The van der Waals surface area contributed by atoms with Crippen molar-refractivity contribution in [3.63, 3.8) is 0 Å². The summed E-state index contributed by atoms with van der Waals surface area (Å²) in [7, 11) is -1.19. The van der Waals surface area contributed by atoms with E-state index in [0.29, 0.717) is 26.2 Å². The summed E-state index contributed by atoms with van der Waals surface area (Å²) in [6, 6.07) is 0. The van der Waals surface area contributed by atoms with Crippen molar-refractivity contribution in [1.82, 2.24) is 18.8 Å². The largest absolute Gasteiger partial charge is 0.314 e. The third kappa shape index (κ3) is 2.54. The van der Waals surface area contributed by atoms with Gasteiger partial charge in [-0.3, -0.25) is 0 Å². The standard InChI is InChI=1S/C9H20N4O2S/c1-11-6-8-13(9-7-11)16(14,15)12-4-2-10-3-5-12/h10H,2-9H2,1H3. The maximum atomic E-state index is 12.3. The number of likely N-dealkylation sites (N-methyl/N-ethyl adjacent to an activating group) is 1. The number of nitrogens with zero attached hydrogens (tertiary/aromatic N) is 3. The molecule has 2 fully saturated rings. The highest BCUT2D eigenvalue weighted by atomic mass is 32.2. The van der Waals surface area contributed by atoms with Crippen LogP contribution in [0.2, 0.25) is 0 Å². The van der Waals surface area contributed by atoms with Gasteiger partial charge in [-0.05, 0) is 7.05 Å². The normalized spacial score (nSPS) is 27.1. The van der Waals surface area contributed by atoms with Gasteiger partial charge in [0.05, 0.1) is 0 Å². The molecule has 0 saturated carbocycles. The van der Waals surface area contributed by atoms with Gasteiger partial charge in [0, 0.05) is 52.4 Å². The van der Waals surface area contributed by atoms with E-state index in [1.54, 1.807) is 8.61 Å². The minimum absolute atomic E-state index is 0.592. The molecule has 2 saturated heterocycles. The van der Waals surface area contributed by atoms with E-state index >= 15 is 0 Å². The van der Waals surface area contributed by atoms with Gasteiger partial charge < -0.3 is 10.2 Å². The van der Waals surface area contributed by atoms with Crippen LogP contribution in [0.3, 0.4) is 0 Å². The number of piperazine rings is 2. The number of rotatable bonds is 2. The lowest BCUT2D eigenvalue weighted by Gasteiger charge is -2.36. The topological polar surface area (TPSA) is 55.9 Å². The molecule has 0 aromatic heterocycles. The second-order valence-corrected chi connectivity index (χ2v) is 6.29. The van der Waals surface area contributed by atoms with Crippen molar-refractivity contribution in [3.05, 3.63) is 0 Å². The second-order valence-electron chi connectivity index (χ2n) is 4.36. The van der Waals surface area contributed by atoms with Gasteiger partial charge in [0.15, 0.2) is 0 Å². The average molecular weight is 248 g/mol. The van der Waals surface area contributed by atoms with Crippen LogP contribution in [0.4, 0.5) is 0 Å². The van der Waals surface area contributed by atoms with Crippen LogP contribution in [0.1, 0.15) is 0 Å². The van der Waals surface area contributed by atoms with E-state index in [-0.39, 0.29) is 0 Å². The summed E-state index contributed by atoms with van der Waals surface area (Å²) in [6.45, 7) is 5.57. The van der Waals surface area contributed by atoms with Crippen LogP contribution in [0, 0.1) is 0 Å². The van der Waals surface area contributed by atoms with Gasteiger partial charge in [0.25, 0.3) is 10.2 Å². The lowest BCUT2D eigenvalue weighted by atomic mass is 10.4. The Labute approximate surface area is 97.4 Å². The molecule has 0 radical (unpaired) electrons. The molecule has 0 amide bonds. The minimum atomic E-state index is -3.21. The third-order valence-corrected chi connectivity index (χ3v) is 5.23. The Bertz CT molecular complexity index is 318. The summed E-state index contributed by atoms with van der Waals surface area (Å²) in [6.07, 6.45) is 0. The fourth-order valence-electron chi connectivity index (χ4n) is 2.06. The van der Waals surface area contributed by atoms with Crippen LogP contribution in [-0.4, -0.2) is 81.3 Å². The first-order valence-electron chi connectivity index (χ1n) is 5.75. The van der Waals surface area contributed by atoms with Crippen LogP contribution in [0.15, 0.2) is 0 Å². The highest BCUT2D eigenvalue weighted by molar-refractivity contribution is 7.86. The molecular formula is C9H20N4O2S. The first kappa shape index (κ1) is 12.3. The van der Waals surface area contributed by atoms with E-state index < -0.39 is 10.2 Å². The van der Waals surface area contributed by atoms with E-state index in [1.165, 1.54) is 0 Å². The fourth-order valence-corrected chi connectivity index (χ4v) is 3.65. The summed E-state index contributed by atoms with van der Waals surface area (Å²) in [4.78, 5) is 2.16. The molecule has 7 heteroatoms. The maximum Gasteiger partial charge on any atom is 0.282 e. The van der Waals surface area contributed by atoms with Gasteiger partial charge in [-0.2, -0.15) is 17.0 Å². The lowest BCUT2D eigenvalue weighted by molar-refractivity contribution is 0.209. The Morgan fingerprint density at radius 2 is 1.38 bits per heavy atom. The van der Waals surface area contributed by atoms with Crippen LogP contribution in [0.5, 0.6) is 0 Å². The van der Waals surface area contributed by atoms with E-state index in [9.17, 15) is 8.42 Å². The number of hydrogen-bond acceptors (Lipinski definition) is 4. The predicted octanol–water partition coefficient (Wildman–Crippen LogP) is -1.62. The number of hydrogen-bond donors (Lipinski definition) is 1. The molecule has 2 aliphatic rings. The molecule has 1 N–H and O–H groups in total. The average Bonchev–Trinajstić information content (AvgIpc) is 2.31. The number of nitrogens with one attached hydrogen (secondary N) is 1. The van der Waals surface area contributed by atoms with Crippen molar-refractivity contribution in [3.8, 4) is 0 Å². The Kier molecular flexibility index (Phi) is 3.81. The van der Waals surface area contributed by atoms with Gasteiger partial charge in [0.1, 0.15) is 0 Å². The molecule has 0 aliphatic carbocycles.